The summed E-state index contributed by atoms with van der Waals surface area (Å²) in [7, 11) is 4.47. The quantitative estimate of drug-likeness (QED) is 0.548. The molecule has 0 aromatic heterocycles. The van der Waals surface area contributed by atoms with Crippen molar-refractivity contribution in [3.8, 4) is 5.75 Å². The molecule has 0 aliphatic rings. The molecule has 0 bridgehead atoms. The molecule has 1 rings (SSSR count). The minimum Gasteiger partial charge on any atom is -0.497 e. The van der Waals surface area contributed by atoms with Crippen molar-refractivity contribution < 1.29 is 23.8 Å². The van der Waals surface area contributed by atoms with Gasteiger partial charge in [0.05, 0.1) is 13.7 Å². The Bertz CT molecular complexity index is 457. The monoisotopic (exact) mass is 296 g/mol. The molecule has 0 spiro atoms. The van der Waals surface area contributed by atoms with Crippen molar-refractivity contribution >= 4 is 11.8 Å². The summed E-state index contributed by atoms with van der Waals surface area (Å²) in [4.78, 5) is 23.1. The zero-order chi connectivity index (χ0) is 15.7. The van der Waals surface area contributed by atoms with E-state index in [4.69, 9.17) is 14.2 Å². The molecular formula is C14H20N2O5. The van der Waals surface area contributed by atoms with Crippen molar-refractivity contribution in [1.82, 2.24) is 10.6 Å². The van der Waals surface area contributed by atoms with Gasteiger partial charge in [-0.2, -0.15) is 0 Å². The first-order chi connectivity index (χ1) is 10.1. The molecule has 0 aliphatic heterocycles. The van der Waals surface area contributed by atoms with Crippen LogP contribution in [-0.4, -0.2) is 46.0 Å². The van der Waals surface area contributed by atoms with E-state index in [2.05, 4.69) is 10.6 Å². The highest BCUT2D eigenvalue weighted by Crippen LogP contribution is 2.10. The molecule has 116 valence electrons. The molecule has 0 saturated carbocycles. The van der Waals surface area contributed by atoms with Crippen LogP contribution in [-0.2, 0) is 25.6 Å². The van der Waals surface area contributed by atoms with Gasteiger partial charge in [0, 0.05) is 20.8 Å². The highest BCUT2D eigenvalue weighted by Gasteiger charge is 2.15. The molecule has 7 nitrogen and oxygen atoms in total. The molecule has 0 radical (unpaired) electrons. The third-order valence-corrected chi connectivity index (χ3v) is 2.77. The Kier molecular flexibility index (Phi) is 7.20. The number of amides is 2. The number of methoxy groups -OCH3 is 3. The van der Waals surface area contributed by atoms with Gasteiger partial charge in [-0.25, -0.2) is 0 Å². The van der Waals surface area contributed by atoms with Gasteiger partial charge in [0.1, 0.15) is 5.75 Å². The zero-order valence-electron chi connectivity index (χ0n) is 12.3. The second-order valence-electron chi connectivity index (χ2n) is 4.14. The average molecular weight is 296 g/mol. The largest absolute Gasteiger partial charge is 0.497 e. The molecule has 2 amide bonds. The lowest BCUT2D eigenvalue weighted by molar-refractivity contribution is -0.141. The Morgan fingerprint density at radius 1 is 1.00 bits per heavy atom. The lowest BCUT2D eigenvalue weighted by atomic mass is 10.2. The average Bonchev–Trinajstić information content (AvgIpc) is 2.53. The van der Waals surface area contributed by atoms with Gasteiger partial charge in [0.15, 0.2) is 6.29 Å². The predicted molar refractivity (Wildman–Crippen MR) is 75.7 cm³/mol. The van der Waals surface area contributed by atoms with Crippen molar-refractivity contribution in [3.05, 3.63) is 29.8 Å². The van der Waals surface area contributed by atoms with E-state index in [0.717, 1.165) is 11.3 Å². The molecule has 21 heavy (non-hydrogen) atoms. The topological polar surface area (TPSA) is 85.9 Å². The predicted octanol–water partition coefficient (Wildman–Crippen LogP) is 0.0465. The van der Waals surface area contributed by atoms with Gasteiger partial charge >= 0.3 is 11.8 Å². The van der Waals surface area contributed by atoms with Crippen LogP contribution in [0.1, 0.15) is 5.56 Å². The second-order valence-corrected chi connectivity index (χ2v) is 4.14. The Labute approximate surface area is 123 Å². The summed E-state index contributed by atoms with van der Waals surface area (Å²) in [6.45, 7) is 0.357. The fourth-order valence-electron chi connectivity index (χ4n) is 1.53. The summed E-state index contributed by atoms with van der Waals surface area (Å²) in [5, 5.41) is 4.94. The van der Waals surface area contributed by atoms with Crippen molar-refractivity contribution in [2.45, 2.75) is 12.8 Å². The minimum absolute atomic E-state index is 0.0990. The molecule has 0 aliphatic carbocycles. The molecule has 0 saturated heterocycles. The van der Waals surface area contributed by atoms with Crippen LogP contribution < -0.4 is 15.4 Å². The molecular weight excluding hydrogens is 276 g/mol. The van der Waals surface area contributed by atoms with Crippen LogP contribution in [0, 0.1) is 0 Å². The summed E-state index contributed by atoms with van der Waals surface area (Å²) in [6, 6.07) is 7.18. The van der Waals surface area contributed by atoms with Gasteiger partial charge in [-0.1, -0.05) is 12.1 Å². The van der Waals surface area contributed by atoms with E-state index in [1.165, 1.54) is 14.2 Å². The van der Waals surface area contributed by atoms with E-state index in [9.17, 15) is 9.59 Å². The zero-order valence-corrected chi connectivity index (χ0v) is 12.3. The summed E-state index contributed by atoms with van der Waals surface area (Å²) in [6.07, 6.45) is -0.580. The summed E-state index contributed by atoms with van der Waals surface area (Å²) in [5.74, 6) is -0.715. The highest BCUT2D eigenvalue weighted by molar-refractivity contribution is 6.35. The van der Waals surface area contributed by atoms with Crippen molar-refractivity contribution in [2.75, 3.05) is 27.9 Å². The Morgan fingerprint density at radius 3 is 2.10 bits per heavy atom. The third kappa shape index (κ3) is 5.80. The number of rotatable bonds is 7. The van der Waals surface area contributed by atoms with Crippen LogP contribution in [0.3, 0.4) is 0 Å². The molecule has 1 aromatic carbocycles. The number of nitrogens with one attached hydrogen (secondary N) is 2. The maximum absolute atomic E-state index is 11.6. The Hall–Kier alpha value is -2.12. The van der Waals surface area contributed by atoms with Gasteiger partial charge in [0.25, 0.3) is 0 Å². The Balaban J connectivity index is 2.36. The Morgan fingerprint density at radius 2 is 1.57 bits per heavy atom. The number of benzene rings is 1. The number of hydrogen-bond donors (Lipinski definition) is 2. The van der Waals surface area contributed by atoms with Gasteiger partial charge in [-0.15, -0.1) is 0 Å². The van der Waals surface area contributed by atoms with Crippen LogP contribution in [0.2, 0.25) is 0 Å². The maximum atomic E-state index is 11.6. The van der Waals surface area contributed by atoms with E-state index in [1.807, 2.05) is 12.1 Å². The number of hydrogen-bond acceptors (Lipinski definition) is 5. The molecule has 0 fully saturated rings. The summed E-state index contributed by atoms with van der Waals surface area (Å²) in [5.41, 5.74) is 0.864. The lowest BCUT2D eigenvalue weighted by Gasteiger charge is -2.13. The van der Waals surface area contributed by atoms with Crippen LogP contribution in [0.5, 0.6) is 5.75 Å². The number of ether oxygens (including phenoxy) is 3. The summed E-state index contributed by atoms with van der Waals surface area (Å²) < 4.78 is 14.8. The smallest absolute Gasteiger partial charge is 0.309 e. The molecule has 7 heteroatoms. The molecule has 2 N–H and O–H groups in total. The van der Waals surface area contributed by atoms with E-state index in [0.29, 0.717) is 0 Å². The molecule has 0 heterocycles. The van der Waals surface area contributed by atoms with Crippen molar-refractivity contribution in [2.24, 2.45) is 0 Å². The van der Waals surface area contributed by atoms with E-state index in [1.54, 1.807) is 19.2 Å². The van der Waals surface area contributed by atoms with E-state index >= 15 is 0 Å². The lowest BCUT2D eigenvalue weighted by Crippen LogP contribution is -2.43. The SMILES string of the molecule is COc1ccc(CNC(=O)C(=O)NCC(OC)OC)cc1. The van der Waals surface area contributed by atoms with Crippen LogP contribution in [0.15, 0.2) is 24.3 Å². The minimum atomic E-state index is -0.734. The second kappa shape index (κ2) is 8.93. The maximum Gasteiger partial charge on any atom is 0.309 e. The summed E-state index contributed by atoms with van der Waals surface area (Å²) >= 11 is 0. The third-order valence-electron chi connectivity index (χ3n) is 2.77. The first-order valence-corrected chi connectivity index (χ1v) is 6.35. The fraction of sp³-hybridized carbons (Fsp3) is 0.429. The fourth-order valence-corrected chi connectivity index (χ4v) is 1.53. The van der Waals surface area contributed by atoms with Gasteiger partial charge in [-0.3, -0.25) is 9.59 Å². The number of carbonyl (C=O) groups excluding carboxylic acids is 2. The highest BCUT2D eigenvalue weighted by atomic mass is 16.7. The van der Waals surface area contributed by atoms with Crippen LogP contribution >= 0.6 is 0 Å². The standard InChI is InChI=1S/C14H20N2O5/c1-19-11-6-4-10(5-7-11)8-15-13(17)14(18)16-9-12(20-2)21-3/h4-7,12H,8-9H2,1-3H3,(H,15,17)(H,16,18). The van der Waals surface area contributed by atoms with Crippen LogP contribution in [0.25, 0.3) is 0 Å². The van der Waals surface area contributed by atoms with Crippen LogP contribution in [0.4, 0.5) is 0 Å². The number of carbonyl (C=O) groups is 2. The normalized spacial score (nSPS) is 10.3. The van der Waals surface area contributed by atoms with Gasteiger partial charge < -0.3 is 24.8 Å². The molecule has 1 aromatic rings. The van der Waals surface area contributed by atoms with Gasteiger partial charge in [0.2, 0.25) is 0 Å². The van der Waals surface area contributed by atoms with Gasteiger partial charge in [-0.05, 0) is 17.7 Å². The van der Waals surface area contributed by atoms with Crippen molar-refractivity contribution in [3.63, 3.8) is 0 Å². The van der Waals surface area contributed by atoms with E-state index in [-0.39, 0.29) is 13.1 Å². The first-order valence-electron chi connectivity index (χ1n) is 6.35. The molecule has 0 unspecified atom stereocenters. The first kappa shape index (κ1) is 16.9. The molecule has 0 atom stereocenters. The van der Waals surface area contributed by atoms with Crippen molar-refractivity contribution in [1.29, 1.82) is 0 Å². The van der Waals surface area contributed by atoms with E-state index < -0.39 is 18.1 Å².